The van der Waals surface area contributed by atoms with Gasteiger partial charge in [-0.15, -0.1) is 0 Å². The lowest BCUT2D eigenvalue weighted by Gasteiger charge is -2.35. The number of amides is 1. The predicted octanol–water partition coefficient (Wildman–Crippen LogP) is 5.25. The second-order valence-electron chi connectivity index (χ2n) is 11.3. The van der Waals surface area contributed by atoms with E-state index in [1.54, 1.807) is 0 Å². The maximum atomic E-state index is 13.8. The van der Waals surface area contributed by atoms with Crippen LogP contribution in [0, 0.1) is 0 Å². The Morgan fingerprint density at radius 3 is 2.41 bits per heavy atom. The summed E-state index contributed by atoms with van der Waals surface area (Å²) in [4.78, 5) is 32.5. The molecule has 6 rings (SSSR count). The highest BCUT2D eigenvalue weighted by Gasteiger charge is 2.29. The predicted molar refractivity (Wildman–Crippen MR) is 153 cm³/mol. The fourth-order valence-electron chi connectivity index (χ4n) is 6.62. The summed E-state index contributed by atoms with van der Waals surface area (Å²) < 4.78 is 7.01. The summed E-state index contributed by atoms with van der Waals surface area (Å²) in [5.41, 5.74) is 5.37. The molecule has 0 atom stereocenters. The van der Waals surface area contributed by atoms with E-state index >= 15 is 0 Å². The second kappa shape index (κ2) is 10.8. The van der Waals surface area contributed by atoms with Gasteiger partial charge in [0.25, 0.3) is 0 Å². The van der Waals surface area contributed by atoms with Crippen LogP contribution in [0.4, 0.5) is 0 Å². The number of aromatic amines is 1. The van der Waals surface area contributed by atoms with Crippen molar-refractivity contribution in [2.24, 2.45) is 0 Å². The molecule has 1 aliphatic carbocycles. The van der Waals surface area contributed by atoms with Crippen LogP contribution < -0.4 is 5.76 Å². The number of aromatic nitrogens is 3. The minimum atomic E-state index is -0.579. The van der Waals surface area contributed by atoms with Crippen LogP contribution in [0.2, 0.25) is 0 Å². The molecule has 0 spiro atoms. The molecule has 0 unspecified atom stereocenters. The largest absolute Gasteiger partial charge is 0.439 e. The third kappa shape index (κ3) is 5.05. The summed E-state index contributed by atoms with van der Waals surface area (Å²) in [6, 6.07) is 17.2. The van der Waals surface area contributed by atoms with Gasteiger partial charge in [-0.1, -0.05) is 66.9 Å². The van der Waals surface area contributed by atoms with Crippen molar-refractivity contribution in [1.82, 2.24) is 24.5 Å². The summed E-state index contributed by atoms with van der Waals surface area (Å²) in [6.45, 7) is 1.84. The number of fused-ring (bicyclic) bond motifs is 1. The number of hydrogen-bond acceptors (Lipinski definition) is 5. The molecule has 0 radical (unpaired) electrons. The van der Waals surface area contributed by atoms with Crippen LogP contribution in [0.15, 0.2) is 57.8 Å². The lowest BCUT2D eigenvalue weighted by Crippen LogP contribution is -2.45. The third-order valence-corrected chi connectivity index (χ3v) is 8.72. The third-order valence-electron chi connectivity index (χ3n) is 8.72. The maximum Gasteiger partial charge on any atom is 0.439 e. The average molecular weight is 528 g/mol. The number of nitrogens with zero attached hydrogens (tertiary/aromatic N) is 4. The van der Waals surface area contributed by atoms with E-state index in [0.717, 1.165) is 61.1 Å². The van der Waals surface area contributed by atoms with Crippen molar-refractivity contribution in [3.63, 3.8) is 0 Å². The molecule has 204 valence electrons. The molecule has 1 aliphatic heterocycles. The summed E-state index contributed by atoms with van der Waals surface area (Å²) in [7, 11) is 4.24. The van der Waals surface area contributed by atoms with Gasteiger partial charge in [0, 0.05) is 30.1 Å². The molecule has 8 nitrogen and oxygen atoms in total. The number of rotatable bonds is 6. The van der Waals surface area contributed by atoms with Gasteiger partial charge < -0.3 is 14.4 Å². The molecule has 4 aromatic rings. The molecule has 8 heteroatoms. The summed E-state index contributed by atoms with van der Waals surface area (Å²) in [6.07, 6.45) is 8.03. The SMILES string of the molecule is CN(C)C1CCN(C(=O)Cn2c(-c3ccccc3)c(C3CCCCC3)c3ccc(-c4noc(=O)[nH]4)cc32)CC1. The number of carbonyl (C=O) groups excluding carboxylic acids is 1. The first-order valence-corrected chi connectivity index (χ1v) is 14.2. The number of carbonyl (C=O) groups is 1. The van der Waals surface area contributed by atoms with Crippen molar-refractivity contribution in [2.45, 2.75) is 63.5 Å². The Morgan fingerprint density at radius 1 is 1.00 bits per heavy atom. The minimum absolute atomic E-state index is 0.150. The molecule has 1 N–H and O–H groups in total. The van der Waals surface area contributed by atoms with Gasteiger partial charge >= 0.3 is 5.76 Å². The zero-order valence-electron chi connectivity index (χ0n) is 22.9. The van der Waals surface area contributed by atoms with Crippen molar-refractivity contribution < 1.29 is 9.32 Å². The molecule has 2 aromatic heterocycles. The van der Waals surface area contributed by atoms with Crippen LogP contribution in [-0.4, -0.2) is 63.6 Å². The molecule has 0 bridgehead atoms. The molecule has 2 aromatic carbocycles. The van der Waals surface area contributed by atoms with E-state index in [4.69, 9.17) is 4.52 Å². The molecular formula is C31H37N5O3. The molecule has 2 fully saturated rings. The molecule has 1 saturated heterocycles. The van der Waals surface area contributed by atoms with Gasteiger partial charge in [-0.3, -0.25) is 14.3 Å². The fraction of sp³-hybridized carbons (Fsp3) is 0.452. The smallest absolute Gasteiger partial charge is 0.341 e. The van der Waals surface area contributed by atoms with Crippen LogP contribution in [0.3, 0.4) is 0 Å². The van der Waals surface area contributed by atoms with Crippen molar-refractivity contribution >= 4 is 16.8 Å². The Kier molecular flexibility index (Phi) is 7.12. The highest BCUT2D eigenvalue weighted by Crippen LogP contribution is 2.44. The van der Waals surface area contributed by atoms with E-state index in [0.29, 0.717) is 17.8 Å². The Balaban J connectivity index is 1.48. The monoisotopic (exact) mass is 527 g/mol. The molecule has 39 heavy (non-hydrogen) atoms. The number of nitrogens with one attached hydrogen (secondary N) is 1. The highest BCUT2D eigenvalue weighted by molar-refractivity contribution is 5.96. The summed E-state index contributed by atoms with van der Waals surface area (Å²) in [5, 5.41) is 5.10. The zero-order valence-corrected chi connectivity index (χ0v) is 22.9. The van der Waals surface area contributed by atoms with Gasteiger partial charge in [-0.2, -0.15) is 0 Å². The van der Waals surface area contributed by atoms with Crippen molar-refractivity contribution in [1.29, 1.82) is 0 Å². The molecule has 2 aliphatic rings. The number of hydrogen-bond donors (Lipinski definition) is 1. The van der Waals surface area contributed by atoms with E-state index in [1.165, 1.54) is 30.2 Å². The first-order chi connectivity index (χ1) is 19.0. The maximum absolute atomic E-state index is 13.8. The Labute approximate surface area is 228 Å². The van der Waals surface area contributed by atoms with Gasteiger partial charge in [0.1, 0.15) is 6.54 Å². The standard InChI is InChI=1S/C31H37N5O3/c1-34(2)24-15-17-35(18-16-24)27(37)20-36-26-19-23(30-32-31(38)39-33-30)13-14-25(26)28(21-9-5-3-6-10-21)29(36)22-11-7-4-8-12-22/h4,7-8,11-14,19,21,24H,3,5-6,9-10,15-18,20H2,1-2H3,(H,32,33,38). The van der Waals surface area contributed by atoms with E-state index in [-0.39, 0.29) is 12.5 Å². The first-order valence-electron chi connectivity index (χ1n) is 14.2. The second-order valence-corrected chi connectivity index (χ2v) is 11.3. The number of likely N-dealkylation sites (tertiary alicyclic amines) is 1. The van der Waals surface area contributed by atoms with E-state index in [1.807, 2.05) is 23.1 Å². The van der Waals surface area contributed by atoms with Crippen LogP contribution in [-0.2, 0) is 11.3 Å². The Morgan fingerprint density at radius 2 is 1.74 bits per heavy atom. The summed E-state index contributed by atoms with van der Waals surface area (Å²) >= 11 is 0. The van der Waals surface area contributed by atoms with E-state index in [2.05, 4.69) is 64.0 Å². The Hall–Kier alpha value is -3.65. The van der Waals surface area contributed by atoms with E-state index < -0.39 is 5.76 Å². The van der Waals surface area contributed by atoms with Gasteiger partial charge in [0.2, 0.25) is 5.91 Å². The fourth-order valence-corrected chi connectivity index (χ4v) is 6.62. The number of benzene rings is 2. The zero-order chi connectivity index (χ0) is 26.9. The normalized spacial score (nSPS) is 17.4. The minimum Gasteiger partial charge on any atom is -0.341 e. The topological polar surface area (TPSA) is 87.4 Å². The van der Waals surface area contributed by atoms with Crippen LogP contribution in [0.5, 0.6) is 0 Å². The van der Waals surface area contributed by atoms with Crippen LogP contribution in [0.25, 0.3) is 33.5 Å². The molecule has 1 saturated carbocycles. The molecule has 3 heterocycles. The average Bonchev–Trinajstić information content (AvgIpc) is 3.55. The van der Waals surface area contributed by atoms with Crippen LogP contribution in [0.1, 0.15) is 56.4 Å². The van der Waals surface area contributed by atoms with Crippen molar-refractivity contribution in [3.8, 4) is 22.6 Å². The molecular weight excluding hydrogens is 490 g/mol. The lowest BCUT2D eigenvalue weighted by molar-refractivity contribution is -0.133. The number of H-pyrrole nitrogens is 1. The van der Waals surface area contributed by atoms with Crippen LogP contribution >= 0.6 is 0 Å². The van der Waals surface area contributed by atoms with Gasteiger partial charge in [-0.05, 0) is 62.9 Å². The van der Waals surface area contributed by atoms with E-state index in [9.17, 15) is 9.59 Å². The molecule has 1 amide bonds. The van der Waals surface area contributed by atoms with Gasteiger partial charge in [0.15, 0.2) is 5.82 Å². The van der Waals surface area contributed by atoms with Gasteiger partial charge in [-0.25, -0.2) is 4.79 Å². The quantitative estimate of drug-likeness (QED) is 0.370. The number of piperidine rings is 1. The van der Waals surface area contributed by atoms with Gasteiger partial charge in [0.05, 0.1) is 11.2 Å². The van der Waals surface area contributed by atoms with Crippen molar-refractivity contribution in [3.05, 3.63) is 64.6 Å². The first kappa shape index (κ1) is 25.6. The lowest BCUT2D eigenvalue weighted by atomic mass is 9.82. The highest BCUT2D eigenvalue weighted by atomic mass is 16.5. The summed E-state index contributed by atoms with van der Waals surface area (Å²) in [5.74, 6) is 0.412. The Bertz CT molecular complexity index is 1500. The van der Waals surface area contributed by atoms with Crippen molar-refractivity contribution in [2.75, 3.05) is 27.2 Å².